The molecule has 0 heterocycles. The van der Waals surface area contributed by atoms with Crippen molar-refractivity contribution in [2.75, 3.05) is 5.75 Å². The molecule has 0 aliphatic carbocycles. The van der Waals surface area contributed by atoms with Crippen molar-refractivity contribution in [1.82, 2.24) is 0 Å². The highest BCUT2D eigenvalue weighted by Crippen LogP contribution is 2.22. The smallest absolute Gasteiger partial charge is 0.116 e. The van der Waals surface area contributed by atoms with Crippen LogP contribution in [0.2, 0.25) is 0 Å². The predicted octanol–water partition coefficient (Wildman–Crippen LogP) is 3.28. The Morgan fingerprint density at radius 1 is 1.42 bits per heavy atom. The molecule has 1 nitrogen and oxygen atoms in total. The lowest BCUT2D eigenvalue weighted by molar-refractivity contribution is 0.474. The number of aromatic hydroxyl groups is 1. The largest absolute Gasteiger partial charge is 0.508 e. The van der Waals surface area contributed by atoms with Gasteiger partial charge in [0.25, 0.3) is 0 Å². The molecule has 1 aromatic carbocycles. The Morgan fingerprint density at radius 2 is 2.25 bits per heavy atom. The minimum Gasteiger partial charge on any atom is -0.508 e. The molecule has 0 saturated heterocycles. The van der Waals surface area contributed by atoms with Crippen LogP contribution in [0.5, 0.6) is 5.75 Å². The van der Waals surface area contributed by atoms with E-state index in [1.165, 1.54) is 12.8 Å². The van der Waals surface area contributed by atoms with E-state index in [-0.39, 0.29) is 0 Å². The number of unbranched alkanes of at least 4 members (excludes halogenated alkanes) is 1. The first-order valence-corrected chi connectivity index (χ1v) is 5.23. The zero-order valence-electron chi connectivity index (χ0n) is 7.29. The Kier molecular flexibility index (Phi) is 4.01. The Bertz CT molecular complexity index is 235. The van der Waals surface area contributed by atoms with Gasteiger partial charge in [-0.05, 0) is 30.4 Å². The lowest BCUT2D eigenvalue weighted by Gasteiger charge is -2.00. The normalized spacial score (nSPS) is 10.1. The summed E-state index contributed by atoms with van der Waals surface area (Å²) in [6, 6.07) is 7.41. The molecule has 0 fully saturated rings. The molecule has 1 aromatic rings. The molecule has 12 heavy (non-hydrogen) atoms. The van der Waals surface area contributed by atoms with Gasteiger partial charge in [-0.2, -0.15) is 0 Å². The molecule has 2 heteroatoms. The summed E-state index contributed by atoms with van der Waals surface area (Å²) < 4.78 is 0. The van der Waals surface area contributed by atoms with Gasteiger partial charge in [-0.25, -0.2) is 0 Å². The van der Waals surface area contributed by atoms with Crippen LogP contribution in [0.15, 0.2) is 29.2 Å². The number of thioether (sulfide) groups is 1. The molecule has 0 saturated carbocycles. The van der Waals surface area contributed by atoms with Crippen LogP contribution >= 0.6 is 11.8 Å². The highest BCUT2D eigenvalue weighted by atomic mass is 32.2. The number of phenolic OH excluding ortho intramolecular Hbond substituents is 1. The first kappa shape index (κ1) is 9.46. The second-order valence-corrected chi connectivity index (χ2v) is 3.87. The van der Waals surface area contributed by atoms with Crippen molar-refractivity contribution in [3.05, 3.63) is 24.3 Å². The van der Waals surface area contributed by atoms with Crippen molar-refractivity contribution in [3.8, 4) is 5.75 Å². The van der Waals surface area contributed by atoms with Crippen LogP contribution in [0.25, 0.3) is 0 Å². The van der Waals surface area contributed by atoms with E-state index in [0.717, 1.165) is 10.6 Å². The molecule has 0 aliphatic rings. The van der Waals surface area contributed by atoms with E-state index in [2.05, 4.69) is 6.92 Å². The summed E-state index contributed by atoms with van der Waals surface area (Å²) in [5.41, 5.74) is 0. The average molecular weight is 182 g/mol. The van der Waals surface area contributed by atoms with E-state index in [0.29, 0.717) is 5.75 Å². The van der Waals surface area contributed by atoms with Gasteiger partial charge in [0, 0.05) is 4.90 Å². The molecule has 0 spiro atoms. The third-order valence-corrected chi connectivity index (χ3v) is 2.66. The Hall–Kier alpha value is -0.630. The topological polar surface area (TPSA) is 20.2 Å². The number of hydrogen-bond donors (Lipinski definition) is 1. The van der Waals surface area contributed by atoms with Crippen LogP contribution in [0.1, 0.15) is 19.8 Å². The van der Waals surface area contributed by atoms with E-state index < -0.39 is 0 Å². The van der Waals surface area contributed by atoms with Crippen molar-refractivity contribution in [1.29, 1.82) is 0 Å². The zero-order chi connectivity index (χ0) is 8.81. The van der Waals surface area contributed by atoms with Gasteiger partial charge in [-0.1, -0.05) is 19.4 Å². The molecule has 0 bridgehead atoms. The van der Waals surface area contributed by atoms with Gasteiger partial charge in [0.2, 0.25) is 0 Å². The summed E-state index contributed by atoms with van der Waals surface area (Å²) in [6.07, 6.45) is 2.46. The van der Waals surface area contributed by atoms with Gasteiger partial charge in [-0.15, -0.1) is 11.8 Å². The summed E-state index contributed by atoms with van der Waals surface area (Å²) >= 11 is 1.80. The van der Waals surface area contributed by atoms with Gasteiger partial charge >= 0.3 is 0 Å². The SMILES string of the molecule is CCCCSc1cccc(O)c1. The Labute approximate surface area is 77.8 Å². The highest BCUT2D eigenvalue weighted by molar-refractivity contribution is 7.99. The van der Waals surface area contributed by atoms with Crippen LogP contribution in [0.4, 0.5) is 0 Å². The van der Waals surface area contributed by atoms with Crippen LogP contribution in [-0.2, 0) is 0 Å². The molecule has 66 valence electrons. The van der Waals surface area contributed by atoms with Crippen molar-refractivity contribution in [3.63, 3.8) is 0 Å². The van der Waals surface area contributed by atoms with Crippen LogP contribution in [0.3, 0.4) is 0 Å². The number of phenols is 1. The zero-order valence-corrected chi connectivity index (χ0v) is 8.10. The molecular formula is C10H14OS. The monoisotopic (exact) mass is 182 g/mol. The van der Waals surface area contributed by atoms with Crippen molar-refractivity contribution < 1.29 is 5.11 Å². The fourth-order valence-corrected chi connectivity index (χ4v) is 1.96. The first-order valence-electron chi connectivity index (χ1n) is 4.24. The van der Waals surface area contributed by atoms with Crippen molar-refractivity contribution in [2.24, 2.45) is 0 Å². The van der Waals surface area contributed by atoms with Crippen LogP contribution in [-0.4, -0.2) is 10.9 Å². The minimum atomic E-state index is 0.358. The summed E-state index contributed by atoms with van der Waals surface area (Å²) in [7, 11) is 0. The maximum absolute atomic E-state index is 9.16. The standard InChI is InChI=1S/C10H14OS/c1-2-3-7-12-10-6-4-5-9(11)8-10/h4-6,8,11H,2-3,7H2,1H3. The predicted molar refractivity (Wildman–Crippen MR) is 53.7 cm³/mol. The molecule has 0 unspecified atom stereocenters. The lowest BCUT2D eigenvalue weighted by Crippen LogP contribution is -1.77. The number of hydrogen-bond acceptors (Lipinski definition) is 2. The fourth-order valence-electron chi connectivity index (χ4n) is 0.908. The molecule has 0 atom stereocenters. The second-order valence-electron chi connectivity index (χ2n) is 2.70. The molecule has 1 rings (SSSR count). The van der Waals surface area contributed by atoms with E-state index in [1.807, 2.05) is 12.1 Å². The maximum Gasteiger partial charge on any atom is 0.116 e. The van der Waals surface area contributed by atoms with Gasteiger partial charge in [0.15, 0.2) is 0 Å². The Morgan fingerprint density at radius 3 is 2.92 bits per heavy atom. The molecule has 0 aromatic heterocycles. The number of benzene rings is 1. The van der Waals surface area contributed by atoms with Gasteiger partial charge in [0.1, 0.15) is 5.75 Å². The Balaban J connectivity index is 2.41. The third-order valence-electron chi connectivity index (χ3n) is 1.58. The summed E-state index contributed by atoms with van der Waals surface area (Å²) in [5, 5.41) is 9.16. The van der Waals surface area contributed by atoms with Gasteiger partial charge in [-0.3, -0.25) is 0 Å². The van der Waals surface area contributed by atoms with E-state index in [4.69, 9.17) is 5.11 Å². The molecule has 0 aliphatic heterocycles. The van der Waals surface area contributed by atoms with Gasteiger partial charge < -0.3 is 5.11 Å². The second kappa shape index (κ2) is 5.09. The fraction of sp³-hybridized carbons (Fsp3) is 0.400. The maximum atomic E-state index is 9.16. The minimum absolute atomic E-state index is 0.358. The summed E-state index contributed by atoms with van der Waals surface area (Å²) in [4.78, 5) is 1.16. The van der Waals surface area contributed by atoms with Crippen LogP contribution in [0, 0.1) is 0 Å². The third kappa shape index (κ3) is 3.18. The molecule has 0 radical (unpaired) electrons. The summed E-state index contributed by atoms with van der Waals surface area (Å²) in [6.45, 7) is 2.18. The van der Waals surface area contributed by atoms with Crippen LogP contribution < -0.4 is 0 Å². The first-order chi connectivity index (χ1) is 5.83. The summed E-state index contributed by atoms with van der Waals surface area (Å²) in [5.74, 6) is 1.50. The van der Waals surface area contributed by atoms with E-state index in [1.54, 1.807) is 23.9 Å². The average Bonchev–Trinajstić information content (AvgIpc) is 2.05. The number of rotatable bonds is 4. The van der Waals surface area contributed by atoms with Crippen molar-refractivity contribution >= 4 is 11.8 Å². The highest BCUT2D eigenvalue weighted by Gasteiger charge is 1.93. The quantitative estimate of drug-likeness (QED) is 0.569. The lowest BCUT2D eigenvalue weighted by atomic mass is 10.3. The van der Waals surface area contributed by atoms with E-state index in [9.17, 15) is 0 Å². The van der Waals surface area contributed by atoms with Crippen molar-refractivity contribution in [2.45, 2.75) is 24.7 Å². The molecule has 1 N–H and O–H groups in total. The van der Waals surface area contributed by atoms with E-state index >= 15 is 0 Å². The molecule has 0 amide bonds. The molecular weight excluding hydrogens is 168 g/mol. The van der Waals surface area contributed by atoms with Gasteiger partial charge in [0.05, 0.1) is 0 Å².